The molecule has 4 aliphatic rings. The summed E-state index contributed by atoms with van der Waals surface area (Å²) in [7, 11) is 0. The third-order valence-electron chi connectivity index (χ3n) is 11.7. The average Bonchev–Trinajstić information content (AvgIpc) is 3.62. The van der Waals surface area contributed by atoms with Crippen molar-refractivity contribution in [1.29, 1.82) is 5.26 Å². The van der Waals surface area contributed by atoms with Crippen molar-refractivity contribution in [2.45, 2.75) is 77.9 Å². The summed E-state index contributed by atoms with van der Waals surface area (Å²) < 4.78 is 1.98. The molecule has 0 spiro atoms. The van der Waals surface area contributed by atoms with Gasteiger partial charge in [-0.15, -0.1) is 0 Å². The Morgan fingerprint density at radius 2 is 1.62 bits per heavy atom. The van der Waals surface area contributed by atoms with Gasteiger partial charge in [-0.25, -0.2) is 0 Å². The Labute approximate surface area is 329 Å². The third-order valence-corrected chi connectivity index (χ3v) is 12.0. The van der Waals surface area contributed by atoms with E-state index in [4.69, 9.17) is 16.7 Å². The van der Waals surface area contributed by atoms with Crippen LogP contribution in [-0.2, 0) is 33.9 Å². The van der Waals surface area contributed by atoms with Gasteiger partial charge in [0.1, 0.15) is 12.1 Å². The standard InChI is InChI=1S/C44H39ClN6O5/c1-25-26(2)50(48-40(25)32-13-14-33(22-46)37(45)21-32)23-29-7-5-27(6-8-29)3-4-28-9-11-30(12-10-28)42(54)49-18-17-31-19-35-36(20-34(31)24-49)44(56)51(43(35)55)38-15-16-39(52)47-41(38)53/h5-8,13-14,19-21,28,30,38H,9-12,15-18,23-24H2,1-2H3,(H,47,52,53)/t28-,30-,38?. The van der Waals surface area contributed by atoms with Crippen LogP contribution in [0.5, 0.6) is 0 Å². The Morgan fingerprint density at radius 1 is 0.911 bits per heavy atom. The number of benzene rings is 3. The minimum Gasteiger partial charge on any atom is -0.338 e. The molecule has 12 heteroatoms. The van der Waals surface area contributed by atoms with Crippen molar-refractivity contribution in [3.8, 4) is 29.2 Å². The van der Waals surface area contributed by atoms with Crippen LogP contribution in [0.3, 0.4) is 0 Å². The molecule has 56 heavy (non-hydrogen) atoms. The summed E-state index contributed by atoms with van der Waals surface area (Å²) in [4.78, 5) is 67.3. The van der Waals surface area contributed by atoms with Gasteiger partial charge in [0.25, 0.3) is 11.8 Å². The Bertz CT molecular complexity index is 2440. The molecule has 5 amide bonds. The second-order valence-corrected chi connectivity index (χ2v) is 15.6. The summed E-state index contributed by atoms with van der Waals surface area (Å²) >= 11 is 6.29. The van der Waals surface area contributed by atoms with Crippen LogP contribution in [0.25, 0.3) is 11.3 Å². The van der Waals surface area contributed by atoms with Crippen molar-refractivity contribution in [3.05, 3.63) is 110 Å². The zero-order valence-corrected chi connectivity index (χ0v) is 31.9. The molecule has 1 unspecified atom stereocenters. The van der Waals surface area contributed by atoms with Crippen LogP contribution >= 0.6 is 11.6 Å². The van der Waals surface area contributed by atoms with E-state index < -0.39 is 29.7 Å². The molecule has 1 aliphatic carbocycles. The number of imide groups is 2. The highest BCUT2D eigenvalue weighted by Gasteiger charge is 2.45. The van der Waals surface area contributed by atoms with Gasteiger partial charge >= 0.3 is 0 Å². The summed E-state index contributed by atoms with van der Waals surface area (Å²) in [5.74, 6) is 4.92. The SMILES string of the molecule is Cc1c(-c2ccc(C#N)c(Cl)c2)nn(Cc2ccc(C#C[C@H]3CC[C@H](C(=O)N4CCc5cc6c(cc5C4)C(=O)N(C4CCC(=O)NC4=O)C6=O)CC3)cc2)c1C. The van der Waals surface area contributed by atoms with Crippen LogP contribution in [0.2, 0.25) is 5.02 Å². The predicted molar refractivity (Wildman–Crippen MR) is 207 cm³/mol. The van der Waals surface area contributed by atoms with Crippen LogP contribution < -0.4 is 5.32 Å². The van der Waals surface area contributed by atoms with Crippen molar-refractivity contribution >= 4 is 41.1 Å². The molecular formula is C44H39ClN6O5. The van der Waals surface area contributed by atoms with Crippen LogP contribution in [0.1, 0.15) is 98.3 Å². The number of halogens is 1. The summed E-state index contributed by atoms with van der Waals surface area (Å²) in [5.41, 5.74) is 8.59. The molecule has 3 aromatic carbocycles. The lowest BCUT2D eigenvalue weighted by molar-refractivity contribution is -0.138. The Balaban J connectivity index is 0.852. The first-order valence-corrected chi connectivity index (χ1v) is 19.4. The van der Waals surface area contributed by atoms with E-state index in [-0.39, 0.29) is 41.7 Å². The number of rotatable bonds is 5. The molecule has 8 rings (SSSR count). The number of amides is 5. The van der Waals surface area contributed by atoms with Gasteiger partial charge in [-0.2, -0.15) is 10.4 Å². The van der Waals surface area contributed by atoms with Gasteiger partial charge in [-0.05, 0) is 111 Å². The fourth-order valence-electron chi connectivity index (χ4n) is 8.33. The first kappa shape index (κ1) is 36.9. The molecule has 1 saturated heterocycles. The first-order valence-electron chi connectivity index (χ1n) is 19.0. The average molecular weight is 767 g/mol. The van der Waals surface area contributed by atoms with E-state index in [9.17, 15) is 29.2 Å². The van der Waals surface area contributed by atoms with Crippen molar-refractivity contribution in [2.24, 2.45) is 11.8 Å². The molecule has 1 atom stereocenters. The molecule has 0 bridgehead atoms. The van der Waals surface area contributed by atoms with E-state index in [2.05, 4.69) is 35.4 Å². The maximum Gasteiger partial charge on any atom is 0.262 e. The van der Waals surface area contributed by atoms with Crippen molar-refractivity contribution in [2.75, 3.05) is 6.54 Å². The largest absolute Gasteiger partial charge is 0.338 e. The van der Waals surface area contributed by atoms with Crippen LogP contribution in [0.15, 0.2) is 54.6 Å². The summed E-state index contributed by atoms with van der Waals surface area (Å²) in [5, 5.41) is 16.7. The monoisotopic (exact) mass is 766 g/mol. The Hall–Kier alpha value is -6.04. The molecule has 282 valence electrons. The molecule has 2 fully saturated rings. The number of fused-ring (bicyclic) bond motifs is 2. The number of hydrogen-bond acceptors (Lipinski definition) is 7. The maximum absolute atomic E-state index is 13.7. The smallest absolute Gasteiger partial charge is 0.262 e. The van der Waals surface area contributed by atoms with E-state index >= 15 is 0 Å². The van der Waals surface area contributed by atoms with Gasteiger partial charge in [0, 0.05) is 48.2 Å². The molecule has 4 aromatic rings. The number of hydrogen-bond donors (Lipinski definition) is 1. The summed E-state index contributed by atoms with van der Waals surface area (Å²) in [6.07, 6.45) is 3.96. The molecule has 4 heterocycles. The van der Waals surface area contributed by atoms with Crippen LogP contribution in [0.4, 0.5) is 0 Å². The number of nitriles is 1. The fraction of sp³-hybridized carbons (Fsp3) is 0.341. The number of carbonyl (C=O) groups excluding carboxylic acids is 5. The van der Waals surface area contributed by atoms with Crippen molar-refractivity contribution in [3.63, 3.8) is 0 Å². The highest BCUT2D eigenvalue weighted by molar-refractivity contribution is 6.32. The normalized spacial score (nSPS) is 20.5. The number of nitrogens with one attached hydrogen (secondary N) is 1. The van der Waals surface area contributed by atoms with Crippen molar-refractivity contribution in [1.82, 2.24) is 24.9 Å². The van der Waals surface area contributed by atoms with Crippen molar-refractivity contribution < 1.29 is 24.0 Å². The van der Waals surface area contributed by atoms with E-state index in [0.717, 1.165) is 75.4 Å². The lowest BCUT2D eigenvalue weighted by Crippen LogP contribution is -2.54. The number of piperidine rings is 1. The maximum atomic E-state index is 13.7. The third kappa shape index (κ3) is 6.88. The quantitative estimate of drug-likeness (QED) is 0.197. The van der Waals surface area contributed by atoms with E-state index in [1.165, 1.54) is 0 Å². The molecule has 0 radical (unpaired) electrons. The lowest BCUT2D eigenvalue weighted by Gasteiger charge is -2.34. The van der Waals surface area contributed by atoms with Crippen LogP contribution in [0, 0.1) is 48.9 Å². The van der Waals surface area contributed by atoms with Gasteiger partial charge in [0.05, 0.1) is 34.0 Å². The molecule has 11 nitrogen and oxygen atoms in total. The van der Waals surface area contributed by atoms with Gasteiger partial charge in [-0.3, -0.25) is 38.9 Å². The van der Waals surface area contributed by atoms with Gasteiger partial charge in [-0.1, -0.05) is 41.6 Å². The summed E-state index contributed by atoms with van der Waals surface area (Å²) in [6, 6.07) is 18.1. The molecule has 1 aromatic heterocycles. The molecule has 3 aliphatic heterocycles. The zero-order valence-electron chi connectivity index (χ0n) is 31.2. The Morgan fingerprint density at radius 3 is 2.30 bits per heavy atom. The highest BCUT2D eigenvalue weighted by atomic mass is 35.5. The highest BCUT2D eigenvalue weighted by Crippen LogP contribution is 2.35. The minimum atomic E-state index is -1.01. The fourth-order valence-corrected chi connectivity index (χ4v) is 8.55. The zero-order chi connectivity index (χ0) is 39.2. The van der Waals surface area contributed by atoms with E-state index in [1.54, 1.807) is 24.3 Å². The minimum absolute atomic E-state index is 0.0655. The summed E-state index contributed by atoms with van der Waals surface area (Å²) in [6.45, 7) is 5.59. The van der Waals surface area contributed by atoms with Gasteiger partial charge in [0.2, 0.25) is 17.7 Å². The lowest BCUT2D eigenvalue weighted by atomic mass is 9.81. The van der Waals surface area contributed by atoms with Gasteiger partial charge < -0.3 is 4.90 Å². The predicted octanol–water partition coefficient (Wildman–Crippen LogP) is 5.88. The number of nitrogens with zero attached hydrogens (tertiary/aromatic N) is 5. The molecular weight excluding hydrogens is 728 g/mol. The Kier molecular flexibility index (Phi) is 9.82. The number of carbonyl (C=O) groups is 5. The van der Waals surface area contributed by atoms with Crippen LogP contribution in [-0.4, -0.2) is 61.7 Å². The second-order valence-electron chi connectivity index (χ2n) is 15.2. The van der Waals surface area contributed by atoms with E-state index in [1.807, 2.05) is 41.6 Å². The second kappa shape index (κ2) is 14.9. The first-order chi connectivity index (χ1) is 27.0. The molecule has 1 N–H and O–H groups in total. The number of aromatic nitrogens is 2. The molecule has 1 saturated carbocycles. The van der Waals surface area contributed by atoms with Gasteiger partial charge in [0.15, 0.2) is 0 Å². The topological polar surface area (TPSA) is 145 Å². The van der Waals surface area contributed by atoms with E-state index in [0.29, 0.717) is 36.6 Å².